The van der Waals surface area contributed by atoms with Gasteiger partial charge in [-0.2, -0.15) is 5.06 Å². The third-order valence-electron chi connectivity index (χ3n) is 3.36. The molecule has 6 heteroatoms. The molecule has 26 heavy (non-hydrogen) atoms. The van der Waals surface area contributed by atoms with Crippen LogP contribution in [0.5, 0.6) is 0 Å². The van der Waals surface area contributed by atoms with Gasteiger partial charge in [0.2, 0.25) is 5.91 Å². The highest BCUT2D eigenvalue weighted by molar-refractivity contribution is 5.75. The Kier molecular flexibility index (Phi) is 8.66. The molecule has 0 aliphatic carbocycles. The third-order valence-corrected chi connectivity index (χ3v) is 3.36. The van der Waals surface area contributed by atoms with E-state index in [1.165, 1.54) is 0 Å². The van der Waals surface area contributed by atoms with Gasteiger partial charge in [0.1, 0.15) is 5.60 Å². The van der Waals surface area contributed by atoms with Gasteiger partial charge in [0.15, 0.2) is 0 Å². The molecule has 0 heterocycles. The lowest BCUT2D eigenvalue weighted by Crippen LogP contribution is -2.35. The number of hydrogen-bond donors (Lipinski definition) is 2. The summed E-state index contributed by atoms with van der Waals surface area (Å²) in [4.78, 5) is 22.8. The molecule has 0 aliphatic heterocycles. The van der Waals surface area contributed by atoms with Crippen molar-refractivity contribution in [2.75, 3.05) is 13.6 Å². The summed E-state index contributed by atoms with van der Waals surface area (Å²) in [6, 6.07) is 7.78. The number of nitrogens with zero attached hydrogens (tertiary/aromatic N) is 1. The summed E-state index contributed by atoms with van der Waals surface area (Å²) in [6.07, 6.45) is 1.46. The van der Waals surface area contributed by atoms with E-state index in [4.69, 9.17) is 4.74 Å². The topological polar surface area (TPSA) is 78.9 Å². The fraction of sp³-hybridized carbons (Fsp3) is 0.500. The van der Waals surface area contributed by atoms with E-state index in [-0.39, 0.29) is 12.5 Å². The van der Waals surface area contributed by atoms with E-state index in [2.05, 4.69) is 17.2 Å². The Bertz CT molecular complexity index is 668. The number of carbonyl (C=O) groups excluding carboxylic acids is 2. The predicted molar refractivity (Wildman–Crippen MR) is 99.7 cm³/mol. The maximum atomic E-state index is 11.7. The fourth-order valence-electron chi connectivity index (χ4n) is 2.11. The van der Waals surface area contributed by atoms with Crippen molar-refractivity contribution in [2.45, 2.75) is 52.1 Å². The van der Waals surface area contributed by atoms with E-state index in [9.17, 15) is 14.8 Å². The van der Waals surface area contributed by atoms with Crippen molar-refractivity contribution < 1.29 is 19.5 Å². The molecule has 142 valence electrons. The first-order valence-electron chi connectivity index (χ1n) is 8.69. The third kappa shape index (κ3) is 9.09. The Morgan fingerprint density at radius 3 is 2.69 bits per heavy atom. The summed E-state index contributed by atoms with van der Waals surface area (Å²) in [7, 11) is 1.61. The zero-order valence-electron chi connectivity index (χ0n) is 16.0. The number of rotatable bonds is 6. The molecule has 0 saturated carbocycles. The number of amides is 2. The van der Waals surface area contributed by atoms with Crippen molar-refractivity contribution in [1.82, 2.24) is 10.4 Å². The zero-order valence-corrected chi connectivity index (χ0v) is 16.0. The minimum Gasteiger partial charge on any atom is -0.442 e. The first-order chi connectivity index (χ1) is 12.2. The van der Waals surface area contributed by atoms with Gasteiger partial charge >= 0.3 is 6.09 Å². The normalized spacial score (nSPS) is 10.5. The van der Waals surface area contributed by atoms with Gasteiger partial charge in [0.05, 0.1) is 6.54 Å². The van der Waals surface area contributed by atoms with Gasteiger partial charge in [-0.25, -0.2) is 4.79 Å². The fourth-order valence-corrected chi connectivity index (χ4v) is 2.11. The second kappa shape index (κ2) is 10.5. The molecule has 0 unspecified atom stereocenters. The van der Waals surface area contributed by atoms with E-state index in [1.807, 2.05) is 24.3 Å². The Hall–Kier alpha value is -2.52. The molecular weight excluding hydrogens is 332 g/mol. The van der Waals surface area contributed by atoms with Gasteiger partial charge < -0.3 is 10.1 Å². The van der Waals surface area contributed by atoms with Crippen LogP contribution in [0.15, 0.2) is 24.3 Å². The molecule has 0 bridgehead atoms. The Morgan fingerprint density at radius 1 is 1.31 bits per heavy atom. The molecule has 0 spiro atoms. The summed E-state index contributed by atoms with van der Waals surface area (Å²) in [5.41, 5.74) is 1.32. The summed E-state index contributed by atoms with van der Waals surface area (Å²) in [6.45, 7) is 5.44. The lowest BCUT2D eigenvalue weighted by molar-refractivity contribution is -0.120. The van der Waals surface area contributed by atoms with Crippen LogP contribution < -0.4 is 5.32 Å². The maximum Gasteiger partial charge on any atom is 0.434 e. The number of nitrogens with one attached hydrogen (secondary N) is 1. The van der Waals surface area contributed by atoms with Crippen LogP contribution in [0, 0.1) is 11.8 Å². The minimum absolute atomic E-state index is 0.0217. The van der Waals surface area contributed by atoms with E-state index >= 15 is 0 Å². The zero-order chi connectivity index (χ0) is 19.6. The number of carbonyl (C=O) groups is 2. The van der Waals surface area contributed by atoms with E-state index in [0.717, 1.165) is 11.1 Å². The monoisotopic (exact) mass is 360 g/mol. The molecule has 6 nitrogen and oxygen atoms in total. The van der Waals surface area contributed by atoms with Crippen LogP contribution in [0.3, 0.4) is 0 Å². The largest absolute Gasteiger partial charge is 0.442 e. The van der Waals surface area contributed by atoms with Gasteiger partial charge in [0.25, 0.3) is 0 Å². The molecular formula is C20H28N2O4. The molecule has 0 aromatic heterocycles. The molecule has 0 saturated heterocycles. The number of ether oxygens (including phenoxy) is 1. The van der Waals surface area contributed by atoms with Gasteiger partial charge in [-0.1, -0.05) is 24.0 Å². The quantitative estimate of drug-likeness (QED) is 0.464. The average molecular weight is 360 g/mol. The molecule has 2 amide bonds. The van der Waals surface area contributed by atoms with Crippen molar-refractivity contribution in [3.8, 4) is 11.8 Å². The first kappa shape index (κ1) is 21.5. The van der Waals surface area contributed by atoms with Gasteiger partial charge in [-0.15, -0.1) is 0 Å². The SMILES string of the molecule is CNC(=O)CCC#Cc1cccc(CCCN(O)C(=O)OC(C)(C)C)c1. The molecule has 0 aliphatic rings. The number of hydrogen-bond acceptors (Lipinski definition) is 4. The molecule has 1 aromatic rings. The second-order valence-electron chi connectivity index (χ2n) is 6.88. The smallest absolute Gasteiger partial charge is 0.434 e. The van der Waals surface area contributed by atoms with E-state index < -0.39 is 11.7 Å². The summed E-state index contributed by atoms with van der Waals surface area (Å²) in [5.74, 6) is 6.01. The van der Waals surface area contributed by atoms with Crippen molar-refractivity contribution in [3.05, 3.63) is 35.4 Å². The standard InChI is InChI=1S/C20H28N2O4/c1-20(2,3)26-19(24)22(25)14-8-12-17-11-7-10-16(15-17)9-5-6-13-18(23)21-4/h7,10-11,15,25H,6,8,12-14H2,1-4H3,(H,21,23). The number of benzene rings is 1. The van der Waals surface area contributed by atoms with Crippen LogP contribution in [0.25, 0.3) is 0 Å². The number of hydroxylamine groups is 2. The van der Waals surface area contributed by atoms with Gasteiger partial charge in [-0.3, -0.25) is 10.0 Å². The van der Waals surface area contributed by atoms with Crippen molar-refractivity contribution in [2.24, 2.45) is 0 Å². The molecule has 0 atom stereocenters. The molecule has 1 aromatic carbocycles. The molecule has 1 rings (SSSR count). The average Bonchev–Trinajstić information content (AvgIpc) is 2.57. The van der Waals surface area contributed by atoms with Crippen LogP contribution in [-0.4, -0.2) is 41.5 Å². The lowest BCUT2D eigenvalue weighted by Gasteiger charge is -2.23. The second-order valence-corrected chi connectivity index (χ2v) is 6.88. The van der Waals surface area contributed by atoms with Crippen LogP contribution in [0.1, 0.15) is 51.2 Å². The summed E-state index contributed by atoms with van der Waals surface area (Å²) >= 11 is 0. The van der Waals surface area contributed by atoms with Crippen LogP contribution in [-0.2, 0) is 16.0 Å². The Balaban J connectivity index is 2.45. The molecule has 0 fully saturated rings. The Labute approximate surface area is 155 Å². The minimum atomic E-state index is -0.742. The molecule has 0 radical (unpaired) electrons. The molecule has 2 N–H and O–H groups in total. The number of aryl methyl sites for hydroxylation is 1. The van der Waals surface area contributed by atoms with Gasteiger partial charge in [0, 0.05) is 25.5 Å². The summed E-state index contributed by atoms with van der Waals surface area (Å²) in [5, 5.41) is 12.9. The maximum absolute atomic E-state index is 11.7. The first-order valence-corrected chi connectivity index (χ1v) is 8.69. The highest BCUT2D eigenvalue weighted by Crippen LogP contribution is 2.11. The van der Waals surface area contributed by atoms with Crippen LogP contribution in [0.4, 0.5) is 4.79 Å². The van der Waals surface area contributed by atoms with Crippen molar-refractivity contribution in [3.63, 3.8) is 0 Å². The predicted octanol–water partition coefficient (Wildman–Crippen LogP) is 3.12. The Morgan fingerprint density at radius 2 is 2.04 bits per heavy atom. The highest BCUT2D eigenvalue weighted by Gasteiger charge is 2.20. The van der Waals surface area contributed by atoms with Crippen LogP contribution >= 0.6 is 0 Å². The summed E-state index contributed by atoms with van der Waals surface area (Å²) < 4.78 is 5.09. The van der Waals surface area contributed by atoms with E-state index in [1.54, 1.807) is 27.8 Å². The highest BCUT2D eigenvalue weighted by atomic mass is 16.6. The van der Waals surface area contributed by atoms with E-state index in [0.29, 0.717) is 30.7 Å². The van der Waals surface area contributed by atoms with Crippen molar-refractivity contribution in [1.29, 1.82) is 0 Å². The lowest BCUT2D eigenvalue weighted by atomic mass is 10.1. The van der Waals surface area contributed by atoms with Crippen molar-refractivity contribution >= 4 is 12.0 Å². The van der Waals surface area contributed by atoms with Crippen LogP contribution in [0.2, 0.25) is 0 Å². The van der Waals surface area contributed by atoms with Gasteiger partial charge in [-0.05, 0) is 51.3 Å².